The van der Waals surface area contributed by atoms with Crippen molar-refractivity contribution >= 4 is 36.5 Å². The van der Waals surface area contributed by atoms with Crippen LogP contribution in [0.15, 0.2) is 104 Å². The molecule has 0 unspecified atom stereocenters. The molecular weight excluding hydrogens is 838 g/mol. The van der Waals surface area contributed by atoms with E-state index in [0.717, 1.165) is 84.3 Å². The molecule has 1 amide bonds. The van der Waals surface area contributed by atoms with Crippen LogP contribution in [-0.4, -0.2) is 109 Å². The van der Waals surface area contributed by atoms with Crippen LogP contribution in [0, 0.1) is 11.9 Å². The molecule has 2 fully saturated rings. The van der Waals surface area contributed by atoms with Gasteiger partial charge in [-0.2, -0.15) is 4.39 Å². The SMILES string of the molecule is CN1CCC[C@H](Cc2ncccc2-c2cnc3c(ccn3C)n2)C1.C[Si](C)(C)CCOCn1ccc2nc(-c3cccnc3F)cnc21.N[C@H]1CCCN(C(=O)OCc2ccccc2)C1. The molecule has 6 aromatic heterocycles. The summed E-state index contributed by atoms with van der Waals surface area (Å²) in [7, 11) is 3.11. The van der Waals surface area contributed by atoms with E-state index in [1.807, 2.05) is 89.5 Å². The lowest BCUT2D eigenvalue weighted by Gasteiger charge is -2.29. The lowest BCUT2D eigenvalue weighted by atomic mass is 9.91. The van der Waals surface area contributed by atoms with Crippen molar-refractivity contribution in [3.63, 3.8) is 0 Å². The first kappa shape index (κ1) is 47.0. The Labute approximate surface area is 382 Å². The predicted molar refractivity (Wildman–Crippen MR) is 256 cm³/mol. The minimum absolute atomic E-state index is 0.0908. The van der Waals surface area contributed by atoms with E-state index in [2.05, 4.69) is 62.6 Å². The van der Waals surface area contributed by atoms with Gasteiger partial charge < -0.3 is 34.1 Å². The summed E-state index contributed by atoms with van der Waals surface area (Å²) >= 11 is 0. The lowest BCUT2D eigenvalue weighted by molar-refractivity contribution is 0.0862. The van der Waals surface area contributed by atoms with E-state index in [1.165, 1.54) is 25.6 Å². The van der Waals surface area contributed by atoms with E-state index < -0.39 is 14.0 Å². The molecule has 0 aliphatic carbocycles. The molecule has 2 aliphatic heterocycles. The van der Waals surface area contributed by atoms with Crippen molar-refractivity contribution in [2.75, 3.05) is 39.8 Å². The molecule has 0 radical (unpaired) electrons. The maximum atomic E-state index is 13.8. The lowest BCUT2D eigenvalue weighted by Crippen LogP contribution is -2.45. The number of rotatable bonds is 11. The second-order valence-electron chi connectivity index (χ2n) is 18.2. The highest BCUT2D eigenvalue weighted by atomic mass is 28.3. The van der Waals surface area contributed by atoms with Crippen molar-refractivity contribution in [2.24, 2.45) is 18.7 Å². The Hall–Kier alpha value is -5.94. The molecule has 2 atom stereocenters. The molecule has 0 spiro atoms. The fraction of sp³-hybridized carbons (Fsp3) is 0.408. The predicted octanol–water partition coefficient (Wildman–Crippen LogP) is 8.61. The van der Waals surface area contributed by atoms with Gasteiger partial charge in [-0.1, -0.05) is 50.0 Å². The molecule has 16 heteroatoms. The van der Waals surface area contributed by atoms with E-state index >= 15 is 0 Å². The van der Waals surface area contributed by atoms with Crippen LogP contribution in [-0.2, 0) is 36.3 Å². The van der Waals surface area contributed by atoms with Crippen LogP contribution in [0.2, 0.25) is 25.7 Å². The van der Waals surface area contributed by atoms with Gasteiger partial charge >= 0.3 is 6.09 Å². The molecule has 2 saturated heterocycles. The number of likely N-dealkylation sites (tertiary alicyclic amines) is 2. The first-order chi connectivity index (χ1) is 31.4. The highest BCUT2D eigenvalue weighted by Crippen LogP contribution is 2.27. The summed E-state index contributed by atoms with van der Waals surface area (Å²) in [5.41, 5.74) is 14.1. The number of amides is 1. The smallest absolute Gasteiger partial charge is 0.410 e. The number of piperidine rings is 2. The summed E-state index contributed by atoms with van der Waals surface area (Å²) in [6.07, 6.45) is 15.9. The maximum absolute atomic E-state index is 13.8. The first-order valence-corrected chi connectivity index (χ1v) is 26.2. The molecule has 2 aliphatic rings. The molecule has 0 saturated carbocycles. The van der Waals surface area contributed by atoms with Gasteiger partial charge in [0.1, 0.15) is 24.4 Å². The molecule has 65 heavy (non-hydrogen) atoms. The highest BCUT2D eigenvalue weighted by molar-refractivity contribution is 6.76. The van der Waals surface area contributed by atoms with Crippen LogP contribution >= 0.6 is 0 Å². The zero-order chi connectivity index (χ0) is 45.8. The number of hydrogen-bond donors (Lipinski definition) is 1. The van der Waals surface area contributed by atoms with Crippen molar-refractivity contribution in [2.45, 2.75) is 77.2 Å². The Balaban J connectivity index is 0.000000148. The Bertz CT molecular complexity index is 2620. The van der Waals surface area contributed by atoms with Gasteiger partial charge in [-0.15, -0.1) is 0 Å². The Kier molecular flexibility index (Phi) is 16.1. The van der Waals surface area contributed by atoms with E-state index in [0.29, 0.717) is 42.6 Å². The van der Waals surface area contributed by atoms with Gasteiger partial charge in [0.25, 0.3) is 0 Å². The number of carbonyl (C=O) groups is 1. The molecular formula is C49H62FN11O3Si. The average Bonchev–Trinajstić information content (AvgIpc) is 3.89. The number of pyridine rings is 2. The number of ether oxygens (including phenoxy) is 2. The normalized spacial score (nSPS) is 16.7. The molecule has 9 rings (SSSR count). The third-order valence-electron chi connectivity index (χ3n) is 11.6. The summed E-state index contributed by atoms with van der Waals surface area (Å²) < 4.78 is 28.7. The van der Waals surface area contributed by atoms with Gasteiger partial charge in [0.05, 0.1) is 35.0 Å². The number of aromatic nitrogens is 8. The summed E-state index contributed by atoms with van der Waals surface area (Å²) in [5, 5.41) is 0. The maximum Gasteiger partial charge on any atom is 0.410 e. The quantitative estimate of drug-likeness (QED) is 0.0754. The van der Waals surface area contributed by atoms with E-state index in [-0.39, 0.29) is 12.1 Å². The summed E-state index contributed by atoms with van der Waals surface area (Å²) in [6, 6.07) is 22.2. The van der Waals surface area contributed by atoms with Crippen molar-refractivity contribution in [1.29, 1.82) is 0 Å². The Morgan fingerprint density at radius 1 is 0.800 bits per heavy atom. The van der Waals surface area contributed by atoms with Crippen LogP contribution < -0.4 is 5.73 Å². The van der Waals surface area contributed by atoms with Crippen molar-refractivity contribution in [3.05, 3.63) is 121 Å². The summed E-state index contributed by atoms with van der Waals surface area (Å²) in [4.78, 5) is 42.5. The minimum Gasteiger partial charge on any atom is -0.445 e. The van der Waals surface area contributed by atoms with Crippen LogP contribution in [0.4, 0.5) is 9.18 Å². The second kappa shape index (κ2) is 22.3. The number of nitrogens with zero attached hydrogens (tertiary/aromatic N) is 10. The standard InChI is InChI=1S/C19H23N5.C17H21FN4OSi.C13H18N2O2/c1-23-9-4-5-14(13-23)11-17-15(6-3-8-20-17)18-12-21-19-16(22-18)7-10-24(19)2;1-24(2,3)10-9-23-12-22-8-6-14-17(22)20-11-15(21-14)13-5-4-7-19-16(13)18;14-12-7-4-8-15(9-12)13(16)17-10-11-5-2-1-3-6-11/h3,6-8,10,12,14H,4-5,9,11,13H2,1-2H3;4-8,11H,9-10,12H2,1-3H3;1-3,5-6,12H,4,7-10,14H2/t14-;;12-/m1.0/s1. The number of fused-ring (bicyclic) bond motifs is 2. The third-order valence-corrected chi connectivity index (χ3v) is 13.3. The number of benzene rings is 1. The number of nitrogens with two attached hydrogens (primary N) is 1. The van der Waals surface area contributed by atoms with Crippen LogP contribution in [0.1, 0.15) is 36.9 Å². The van der Waals surface area contributed by atoms with Gasteiger partial charge in [-0.25, -0.2) is 29.7 Å². The summed E-state index contributed by atoms with van der Waals surface area (Å²) in [6.45, 7) is 12.2. The molecule has 342 valence electrons. The number of carbonyl (C=O) groups excluding carboxylic acids is 1. The fourth-order valence-electron chi connectivity index (χ4n) is 8.01. The van der Waals surface area contributed by atoms with Crippen LogP contribution in [0.25, 0.3) is 44.8 Å². The average molecular weight is 900 g/mol. The zero-order valence-corrected chi connectivity index (χ0v) is 39.3. The van der Waals surface area contributed by atoms with Gasteiger partial charge in [-0.05, 0) is 99.6 Å². The fourth-order valence-corrected chi connectivity index (χ4v) is 8.77. The molecule has 2 N–H and O–H groups in total. The van der Waals surface area contributed by atoms with Gasteiger partial charge in [0, 0.05) is 77.8 Å². The highest BCUT2D eigenvalue weighted by Gasteiger charge is 2.23. The summed E-state index contributed by atoms with van der Waals surface area (Å²) in [5.74, 6) is 0.131. The monoisotopic (exact) mass is 899 g/mol. The molecule has 7 aromatic rings. The Morgan fingerprint density at radius 3 is 2.23 bits per heavy atom. The van der Waals surface area contributed by atoms with Crippen molar-refractivity contribution < 1.29 is 18.7 Å². The largest absolute Gasteiger partial charge is 0.445 e. The van der Waals surface area contributed by atoms with Gasteiger partial charge in [0.15, 0.2) is 11.3 Å². The number of hydrogen-bond acceptors (Lipinski definition) is 11. The molecule has 14 nitrogen and oxygen atoms in total. The number of aryl methyl sites for hydroxylation is 1. The first-order valence-electron chi connectivity index (χ1n) is 22.5. The zero-order valence-electron chi connectivity index (χ0n) is 38.3. The number of halogens is 1. The van der Waals surface area contributed by atoms with Crippen molar-refractivity contribution in [1.82, 2.24) is 48.8 Å². The van der Waals surface area contributed by atoms with Gasteiger partial charge in [-0.3, -0.25) is 4.98 Å². The Morgan fingerprint density at radius 2 is 1.49 bits per heavy atom. The topological polar surface area (TPSA) is 155 Å². The molecule has 8 heterocycles. The minimum atomic E-state index is -1.09. The van der Waals surface area contributed by atoms with Gasteiger partial charge in [0.2, 0.25) is 5.95 Å². The van der Waals surface area contributed by atoms with E-state index in [9.17, 15) is 9.18 Å². The van der Waals surface area contributed by atoms with Crippen LogP contribution in [0.5, 0.6) is 0 Å². The van der Waals surface area contributed by atoms with E-state index in [4.69, 9.17) is 20.2 Å². The van der Waals surface area contributed by atoms with E-state index in [1.54, 1.807) is 23.2 Å². The molecule has 0 bridgehead atoms. The molecule has 1 aromatic carbocycles. The van der Waals surface area contributed by atoms with Crippen molar-refractivity contribution in [3.8, 4) is 22.5 Å². The van der Waals surface area contributed by atoms with Crippen LogP contribution in [0.3, 0.4) is 0 Å². The second-order valence-corrected chi connectivity index (χ2v) is 23.8. The third kappa shape index (κ3) is 13.3.